The van der Waals surface area contributed by atoms with Crippen LogP contribution in [0.3, 0.4) is 0 Å². The Morgan fingerprint density at radius 1 is 1.53 bits per heavy atom. The molecule has 0 aromatic carbocycles. The number of H-pyrrole nitrogens is 1. The second-order valence-electron chi connectivity index (χ2n) is 3.57. The summed E-state index contributed by atoms with van der Waals surface area (Å²) in [5.41, 5.74) is 5.39. The molecule has 1 heterocycles. The lowest BCUT2D eigenvalue weighted by Gasteiger charge is -2.22. The van der Waals surface area contributed by atoms with E-state index in [9.17, 15) is 4.79 Å². The Hall–Kier alpha value is -1.85. The third-order valence-corrected chi connectivity index (χ3v) is 2.62. The van der Waals surface area contributed by atoms with Gasteiger partial charge in [-0.1, -0.05) is 12.2 Å². The molecule has 2 rings (SSSR count). The number of carboxylic acids is 1. The molecule has 0 aliphatic heterocycles. The minimum Gasteiger partial charge on any atom is -0.481 e. The Bertz CT molecular complexity index is 399. The molecule has 4 N–H and O–H groups in total. The Kier molecular flexibility index (Phi) is 2.40. The van der Waals surface area contributed by atoms with Gasteiger partial charge in [-0.15, -0.1) is 5.10 Å². The van der Waals surface area contributed by atoms with Crippen LogP contribution in [0.2, 0.25) is 0 Å². The molecule has 0 unspecified atom stereocenters. The fourth-order valence-corrected chi connectivity index (χ4v) is 1.84. The van der Waals surface area contributed by atoms with Crippen molar-refractivity contribution in [2.45, 2.75) is 18.8 Å². The first-order chi connectivity index (χ1) is 7.18. The molecule has 0 spiro atoms. The summed E-state index contributed by atoms with van der Waals surface area (Å²) in [6.45, 7) is 0. The molecule has 15 heavy (non-hydrogen) atoms. The van der Waals surface area contributed by atoms with Crippen LogP contribution in [0, 0.1) is 5.92 Å². The molecule has 0 radical (unpaired) electrons. The number of nitrogen functional groups attached to an aromatic ring is 1. The summed E-state index contributed by atoms with van der Waals surface area (Å²) >= 11 is 0. The smallest absolute Gasteiger partial charge is 0.307 e. The Balaban J connectivity index is 2.26. The first kappa shape index (κ1) is 9.70. The van der Waals surface area contributed by atoms with E-state index in [0.29, 0.717) is 18.7 Å². The van der Waals surface area contributed by atoms with Crippen LogP contribution in [0.5, 0.6) is 0 Å². The SMILES string of the molecule is Nc1n[nH]c([C@H]2CC=CC[C@@H]2C(=O)O)n1. The number of carboxylic acid groups (broad SMARTS) is 1. The van der Waals surface area contributed by atoms with Crippen LogP contribution in [-0.2, 0) is 4.79 Å². The number of aromatic nitrogens is 3. The first-order valence-corrected chi connectivity index (χ1v) is 4.74. The molecule has 0 saturated carbocycles. The summed E-state index contributed by atoms with van der Waals surface area (Å²) in [7, 11) is 0. The molecule has 0 amide bonds. The van der Waals surface area contributed by atoms with Crippen LogP contribution in [0.1, 0.15) is 24.6 Å². The maximum absolute atomic E-state index is 11.0. The third-order valence-electron chi connectivity index (χ3n) is 2.62. The zero-order chi connectivity index (χ0) is 10.8. The maximum atomic E-state index is 11.0. The zero-order valence-corrected chi connectivity index (χ0v) is 8.05. The number of carbonyl (C=O) groups is 1. The summed E-state index contributed by atoms with van der Waals surface area (Å²) in [5.74, 6) is -0.688. The topological polar surface area (TPSA) is 105 Å². The lowest BCUT2D eigenvalue weighted by Crippen LogP contribution is -2.24. The minimum absolute atomic E-state index is 0.155. The van der Waals surface area contributed by atoms with Crippen molar-refractivity contribution in [1.82, 2.24) is 15.2 Å². The number of nitrogens with one attached hydrogen (secondary N) is 1. The van der Waals surface area contributed by atoms with E-state index in [1.807, 2.05) is 12.2 Å². The summed E-state index contributed by atoms with van der Waals surface area (Å²) in [6.07, 6.45) is 5.03. The third kappa shape index (κ3) is 1.83. The van der Waals surface area contributed by atoms with Gasteiger partial charge in [0, 0.05) is 5.92 Å². The average Bonchev–Trinajstić information content (AvgIpc) is 2.65. The average molecular weight is 208 g/mol. The lowest BCUT2D eigenvalue weighted by atomic mass is 9.82. The molecule has 2 atom stereocenters. The molecule has 6 heteroatoms. The van der Waals surface area contributed by atoms with Crippen LogP contribution >= 0.6 is 0 Å². The normalized spacial score (nSPS) is 25.3. The quantitative estimate of drug-likeness (QED) is 0.614. The van der Waals surface area contributed by atoms with Gasteiger partial charge in [0.2, 0.25) is 5.95 Å². The number of anilines is 1. The lowest BCUT2D eigenvalue weighted by molar-refractivity contribution is -0.142. The molecule has 1 aliphatic rings. The van der Waals surface area contributed by atoms with Crippen molar-refractivity contribution in [1.29, 1.82) is 0 Å². The highest BCUT2D eigenvalue weighted by atomic mass is 16.4. The molecule has 80 valence electrons. The van der Waals surface area contributed by atoms with Gasteiger partial charge in [-0.2, -0.15) is 4.98 Å². The number of nitrogens with zero attached hydrogens (tertiary/aromatic N) is 2. The van der Waals surface area contributed by atoms with Crippen LogP contribution in [0.4, 0.5) is 5.95 Å². The fourth-order valence-electron chi connectivity index (χ4n) is 1.84. The van der Waals surface area contributed by atoms with Crippen molar-refractivity contribution in [2.75, 3.05) is 5.73 Å². The van der Waals surface area contributed by atoms with Crippen LogP contribution in [0.25, 0.3) is 0 Å². The van der Waals surface area contributed by atoms with Gasteiger partial charge in [-0.25, -0.2) is 0 Å². The molecular weight excluding hydrogens is 196 g/mol. The fraction of sp³-hybridized carbons (Fsp3) is 0.444. The Morgan fingerprint density at radius 2 is 2.27 bits per heavy atom. The number of hydrogen-bond donors (Lipinski definition) is 3. The van der Waals surface area contributed by atoms with Gasteiger partial charge in [0.25, 0.3) is 0 Å². The largest absolute Gasteiger partial charge is 0.481 e. The number of nitrogens with two attached hydrogens (primary N) is 1. The first-order valence-electron chi connectivity index (χ1n) is 4.74. The highest BCUT2D eigenvalue weighted by molar-refractivity contribution is 5.71. The molecule has 1 aromatic rings. The molecular formula is C9H12N4O2. The van der Waals surface area contributed by atoms with E-state index in [1.54, 1.807) is 0 Å². The van der Waals surface area contributed by atoms with E-state index < -0.39 is 11.9 Å². The van der Waals surface area contributed by atoms with E-state index in [1.165, 1.54) is 0 Å². The molecule has 6 nitrogen and oxygen atoms in total. The van der Waals surface area contributed by atoms with Crippen molar-refractivity contribution in [3.8, 4) is 0 Å². The van der Waals surface area contributed by atoms with Gasteiger partial charge < -0.3 is 10.8 Å². The minimum atomic E-state index is -0.806. The van der Waals surface area contributed by atoms with Gasteiger partial charge in [0.1, 0.15) is 5.82 Å². The molecule has 1 aromatic heterocycles. The predicted octanol–water partition coefficient (Wildman–Crippen LogP) is 0.521. The van der Waals surface area contributed by atoms with E-state index in [-0.39, 0.29) is 11.9 Å². The number of hydrogen-bond acceptors (Lipinski definition) is 4. The summed E-state index contributed by atoms with van der Waals surface area (Å²) < 4.78 is 0. The van der Waals surface area contributed by atoms with Crippen molar-refractivity contribution < 1.29 is 9.90 Å². The monoisotopic (exact) mass is 208 g/mol. The molecule has 0 bridgehead atoms. The van der Waals surface area contributed by atoms with Crippen LogP contribution < -0.4 is 5.73 Å². The maximum Gasteiger partial charge on any atom is 0.307 e. The molecule has 0 saturated heterocycles. The summed E-state index contributed by atoms with van der Waals surface area (Å²) in [4.78, 5) is 15.0. The van der Waals surface area contributed by atoms with E-state index in [4.69, 9.17) is 10.8 Å². The van der Waals surface area contributed by atoms with Gasteiger partial charge in [0.05, 0.1) is 5.92 Å². The van der Waals surface area contributed by atoms with Crippen LogP contribution in [-0.4, -0.2) is 26.3 Å². The number of aromatic amines is 1. The zero-order valence-electron chi connectivity index (χ0n) is 8.05. The second-order valence-corrected chi connectivity index (χ2v) is 3.57. The van der Waals surface area contributed by atoms with Crippen molar-refractivity contribution in [3.05, 3.63) is 18.0 Å². The van der Waals surface area contributed by atoms with Gasteiger partial charge in [-0.3, -0.25) is 9.89 Å². The van der Waals surface area contributed by atoms with Crippen molar-refractivity contribution in [3.63, 3.8) is 0 Å². The van der Waals surface area contributed by atoms with Crippen molar-refractivity contribution >= 4 is 11.9 Å². The van der Waals surface area contributed by atoms with Gasteiger partial charge in [-0.05, 0) is 12.8 Å². The van der Waals surface area contributed by atoms with E-state index in [0.717, 1.165) is 0 Å². The second kappa shape index (κ2) is 3.72. The number of aliphatic carboxylic acids is 1. The summed E-state index contributed by atoms with van der Waals surface area (Å²) in [5, 5.41) is 15.4. The molecule has 1 aliphatic carbocycles. The van der Waals surface area contributed by atoms with Gasteiger partial charge in [0.15, 0.2) is 0 Å². The van der Waals surface area contributed by atoms with Gasteiger partial charge >= 0.3 is 5.97 Å². The highest BCUT2D eigenvalue weighted by Gasteiger charge is 2.31. The molecule has 0 fully saturated rings. The highest BCUT2D eigenvalue weighted by Crippen LogP contribution is 2.32. The summed E-state index contributed by atoms with van der Waals surface area (Å²) in [6, 6.07) is 0. The van der Waals surface area contributed by atoms with E-state index in [2.05, 4.69) is 15.2 Å². The van der Waals surface area contributed by atoms with E-state index >= 15 is 0 Å². The number of rotatable bonds is 2. The Morgan fingerprint density at radius 3 is 2.87 bits per heavy atom. The predicted molar refractivity (Wildman–Crippen MR) is 53.0 cm³/mol. The van der Waals surface area contributed by atoms with Crippen molar-refractivity contribution in [2.24, 2.45) is 5.92 Å². The number of allylic oxidation sites excluding steroid dienone is 2. The standard InChI is InChI=1S/C9H12N4O2/c10-9-11-7(12-13-9)5-3-1-2-4-6(5)8(14)15/h1-2,5-6H,3-4H2,(H,14,15)(H3,10,11,12,13)/t5-,6-/m0/s1. The Labute approximate surface area is 86.2 Å². The van der Waals surface area contributed by atoms with Crippen LogP contribution in [0.15, 0.2) is 12.2 Å².